The second kappa shape index (κ2) is 2.29. The van der Waals surface area contributed by atoms with Crippen LogP contribution in [0.25, 0.3) is 0 Å². The van der Waals surface area contributed by atoms with Crippen LogP contribution in [0.5, 0.6) is 0 Å². The Morgan fingerprint density at radius 1 is 1.57 bits per heavy atom. The highest BCUT2D eigenvalue weighted by molar-refractivity contribution is 8.06. The molecule has 1 radical (unpaired) electrons. The summed E-state index contributed by atoms with van der Waals surface area (Å²) in [6, 6.07) is 0. The Morgan fingerprint density at radius 3 is 2.43 bits per heavy atom. The van der Waals surface area contributed by atoms with Crippen molar-refractivity contribution >= 4 is 35.0 Å². The number of thioether (sulfide) groups is 1. The Kier molecular flexibility index (Phi) is 1.90. The molecule has 39 valence electrons. The summed E-state index contributed by atoms with van der Waals surface area (Å²) in [5.41, 5.74) is 0. The summed E-state index contributed by atoms with van der Waals surface area (Å²) < 4.78 is 0.866. The second-order valence-electron chi connectivity index (χ2n) is 1.21. The monoisotopic (exact) mass is 153 g/mol. The Morgan fingerprint density at radius 2 is 2.29 bits per heavy atom. The van der Waals surface area contributed by atoms with Crippen molar-refractivity contribution in [2.75, 3.05) is 0 Å². The van der Waals surface area contributed by atoms with Gasteiger partial charge in [-0.15, -0.1) is 23.4 Å². The maximum atomic E-state index is 5.55. The molecule has 0 aromatic heterocycles. The molecular weight excluding hydrogens is 151 g/mol. The van der Waals surface area contributed by atoms with E-state index in [2.05, 4.69) is 0 Å². The van der Waals surface area contributed by atoms with Crippen LogP contribution in [0, 0.1) is 4.71 Å². The predicted octanol–water partition coefficient (Wildman–Crippen LogP) is 2.93. The number of hydrogen-bond donors (Lipinski definition) is 0. The minimum Gasteiger partial charge on any atom is -0.107 e. The van der Waals surface area contributed by atoms with Gasteiger partial charge in [-0.2, -0.15) is 0 Å². The lowest BCUT2D eigenvalue weighted by molar-refractivity contribution is 1.32. The van der Waals surface area contributed by atoms with Crippen molar-refractivity contribution in [3.05, 3.63) is 15.1 Å². The van der Waals surface area contributed by atoms with Gasteiger partial charge in [-0.05, 0) is 5.41 Å². The molecule has 0 fully saturated rings. The van der Waals surface area contributed by atoms with E-state index in [9.17, 15) is 0 Å². The molecule has 1 aliphatic rings. The van der Waals surface area contributed by atoms with Crippen LogP contribution in [-0.4, -0.2) is 0 Å². The average molecular weight is 154 g/mol. The molecule has 0 aromatic rings. The smallest absolute Gasteiger partial charge is 0.107 e. The van der Waals surface area contributed by atoms with E-state index in [-0.39, 0.29) is 0 Å². The van der Waals surface area contributed by atoms with Crippen molar-refractivity contribution in [1.82, 2.24) is 0 Å². The van der Waals surface area contributed by atoms with Crippen LogP contribution >= 0.6 is 35.0 Å². The molecule has 1 rings (SSSR count). The molecule has 0 atom stereocenters. The molecular formula is C4H3Cl2S. The van der Waals surface area contributed by atoms with Gasteiger partial charge in [-0.25, -0.2) is 0 Å². The zero-order valence-corrected chi connectivity index (χ0v) is 5.78. The quantitative estimate of drug-likeness (QED) is 0.516. The van der Waals surface area contributed by atoms with E-state index in [0.717, 1.165) is 16.2 Å². The van der Waals surface area contributed by atoms with E-state index < -0.39 is 0 Å². The highest BCUT2D eigenvalue weighted by Crippen LogP contribution is 2.40. The molecule has 0 nitrogen and oxygen atoms in total. The van der Waals surface area contributed by atoms with Crippen LogP contribution in [0.1, 0.15) is 6.42 Å². The third-order valence-electron chi connectivity index (χ3n) is 0.623. The molecule has 0 saturated carbocycles. The standard InChI is InChI=1S/C4H3Cl2S/c5-3-1-4(6)7-2-3/h2H,1H2. The van der Waals surface area contributed by atoms with Gasteiger partial charge in [-0.1, -0.05) is 11.6 Å². The Bertz CT molecular complexity index is 99.9. The van der Waals surface area contributed by atoms with E-state index in [1.165, 1.54) is 11.8 Å². The molecule has 0 saturated heterocycles. The van der Waals surface area contributed by atoms with E-state index in [0.29, 0.717) is 0 Å². The summed E-state index contributed by atoms with van der Waals surface area (Å²) in [5, 5.41) is 2.69. The Balaban J connectivity index is 2.42. The second-order valence-corrected chi connectivity index (χ2v) is 3.34. The minimum atomic E-state index is 0.744. The number of allylic oxidation sites excluding steroid dienone is 1. The van der Waals surface area contributed by atoms with Crippen LogP contribution in [-0.2, 0) is 0 Å². The first-order valence-corrected chi connectivity index (χ1v) is 3.45. The fourth-order valence-corrected chi connectivity index (χ4v) is 1.61. The lowest BCUT2D eigenvalue weighted by Crippen LogP contribution is -1.67. The normalized spacial score (nSPS) is 22.9. The van der Waals surface area contributed by atoms with Gasteiger partial charge in [0.25, 0.3) is 0 Å². The molecule has 0 aliphatic carbocycles. The predicted molar refractivity (Wildman–Crippen MR) is 35.2 cm³/mol. The van der Waals surface area contributed by atoms with Crippen LogP contribution < -0.4 is 0 Å². The molecule has 0 amide bonds. The van der Waals surface area contributed by atoms with Crippen molar-refractivity contribution in [3.63, 3.8) is 0 Å². The Hall–Kier alpha value is 0.670. The molecule has 0 bridgehead atoms. The van der Waals surface area contributed by atoms with Gasteiger partial charge in [-0.3, -0.25) is 0 Å². The number of rotatable bonds is 0. The molecule has 0 unspecified atom stereocenters. The molecule has 1 aliphatic heterocycles. The maximum absolute atomic E-state index is 5.55. The molecule has 0 N–H and O–H groups in total. The summed E-state index contributed by atoms with van der Waals surface area (Å²) in [4.78, 5) is 0. The van der Waals surface area contributed by atoms with Gasteiger partial charge in [0.2, 0.25) is 0 Å². The molecule has 0 spiro atoms. The molecule has 0 aromatic carbocycles. The SMILES string of the molecule is Cl[C]1CC(Cl)=CS1. The topological polar surface area (TPSA) is 0 Å². The summed E-state index contributed by atoms with van der Waals surface area (Å²) in [5.74, 6) is 0. The fraction of sp³-hybridized carbons (Fsp3) is 0.250. The van der Waals surface area contributed by atoms with Crippen LogP contribution in [0.3, 0.4) is 0 Å². The molecule has 1 heterocycles. The van der Waals surface area contributed by atoms with Gasteiger partial charge in [0.1, 0.15) is 4.71 Å². The summed E-state index contributed by atoms with van der Waals surface area (Å²) in [7, 11) is 0. The average Bonchev–Trinajstić information content (AvgIpc) is 1.87. The van der Waals surface area contributed by atoms with Gasteiger partial charge in [0.15, 0.2) is 0 Å². The largest absolute Gasteiger partial charge is 0.127 e. The van der Waals surface area contributed by atoms with Crippen molar-refractivity contribution < 1.29 is 0 Å². The van der Waals surface area contributed by atoms with Crippen LogP contribution in [0.15, 0.2) is 10.4 Å². The number of hydrogen-bond acceptors (Lipinski definition) is 1. The first-order chi connectivity index (χ1) is 3.29. The van der Waals surface area contributed by atoms with Crippen LogP contribution in [0.4, 0.5) is 0 Å². The lowest BCUT2D eigenvalue weighted by atomic mass is 10.5. The first kappa shape index (κ1) is 5.80. The number of halogens is 2. The van der Waals surface area contributed by atoms with Gasteiger partial charge >= 0.3 is 0 Å². The fourth-order valence-electron chi connectivity index (χ4n) is 0.344. The highest BCUT2D eigenvalue weighted by atomic mass is 35.5. The van der Waals surface area contributed by atoms with E-state index >= 15 is 0 Å². The lowest BCUT2D eigenvalue weighted by Gasteiger charge is -1.88. The summed E-state index contributed by atoms with van der Waals surface area (Å²) in [6.45, 7) is 0. The molecule has 7 heavy (non-hydrogen) atoms. The summed E-state index contributed by atoms with van der Waals surface area (Å²) >= 11 is 12.6. The van der Waals surface area contributed by atoms with Crippen molar-refractivity contribution in [3.8, 4) is 0 Å². The zero-order chi connectivity index (χ0) is 5.28. The van der Waals surface area contributed by atoms with E-state index in [4.69, 9.17) is 23.2 Å². The van der Waals surface area contributed by atoms with Crippen LogP contribution in [0.2, 0.25) is 0 Å². The van der Waals surface area contributed by atoms with E-state index in [1.54, 1.807) is 0 Å². The maximum Gasteiger partial charge on any atom is 0.127 e. The van der Waals surface area contributed by atoms with Gasteiger partial charge < -0.3 is 0 Å². The minimum absolute atomic E-state index is 0.744. The summed E-state index contributed by atoms with van der Waals surface area (Å²) in [6.07, 6.45) is 0.744. The van der Waals surface area contributed by atoms with Gasteiger partial charge in [0, 0.05) is 11.5 Å². The van der Waals surface area contributed by atoms with Crippen molar-refractivity contribution in [1.29, 1.82) is 0 Å². The zero-order valence-electron chi connectivity index (χ0n) is 3.45. The third-order valence-corrected chi connectivity index (χ3v) is 2.20. The van der Waals surface area contributed by atoms with Crippen molar-refractivity contribution in [2.24, 2.45) is 0 Å². The first-order valence-electron chi connectivity index (χ1n) is 1.81. The van der Waals surface area contributed by atoms with E-state index in [1.807, 2.05) is 5.41 Å². The van der Waals surface area contributed by atoms with Crippen molar-refractivity contribution in [2.45, 2.75) is 6.42 Å². The molecule has 3 heteroatoms. The van der Waals surface area contributed by atoms with Gasteiger partial charge in [0.05, 0.1) is 0 Å². The third kappa shape index (κ3) is 1.56. The highest BCUT2D eigenvalue weighted by Gasteiger charge is 2.13. The Labute approximate surface area is 56.9 Å².